The lowest BCUT2D eigenvalue weighted by Crippen LogP contribution is -2.48. The number of nitrogens with zero attached hydrogens (tertiary/aromatic N) is 2. The summed E-state index contributed by atoms with van der Waals surface area (Å²) in [6, 6.07) is 14.1. The second kappa shape index (κ2) is 9.54. The highest BCUT2D eigenvalue weighted by molar-refractivity contribution is 7.92. The van der Waals surface area contributed by atoms with E-state index >= 15 is 0 Å². The summed E-state index contributed by atoms with van der Waals surface area (Å²) in [6.07, 6.45) is 1.69. The van der Waals surface area contributed by atoms with E-state index in [9.17, 15) is 17.6 Å². The molecule has 0 aliphatic heterocycles. The van der Waals surface area contributed by atoms with Crippen molar-refractivity contribution in [1.29, 1.82) is 0 Å². The van der Waals surface area contributed by atoms with Crippen LogP contribution in [0.2, 0.25) is 0 Å². The van der Waals surface area contributed by atoms with Crippen LogP contribution >= 0.6 is 0 Å². The maximum absolute atomic E-state index is 13.5. The molecule has 1 unspecified atom stereocenters. The van der Waals surface area contributed by atoms with Crippen LogP contribution in [-0.2, 0) is 14.8 Å². The number of carbonyl (C=O) groups is 1. The van der Waals surface area contributed by atoms with Gasteiger partial charge in [-0.3, -0.25) is 9.10 Å². The number of halogens is 1. The molecule has 0 saturated heterocycles. The van der Waals surface area contributed by atoms with Gasteiger partial charge in [0.1, 0.15) is 11.9 Å². The number of anilines is 2. The largest absolute Gasteiger partial charge is 0.375 e. The van der Waals surface area contributed by atoms with Gasteiger partial charge in [-0.25, -0.2) is 12.8 Å². The second-order valence-electron chi connectivity index (χ2n) is 6.62. The predicted molar refractivity (Wildman–Crippen MR) is 111 cm³/mol. The molecule has 6 nitrogen and oxygen atoms in total. The van der Waals surface area contributed by atoms with Gasteiger partial charge in [-0.2, -0.15) is 0 Å². The molecule has 0 fully saturated rings. The lowest BCUT2D eigenvalue weighted by atomic mass is 10.2. The van der Waals surface area contributed by atoms with E-state index in [1.165, 1.54) is 25.1 Å². The first-order valence-corrected chi connectivity index (χ1v) is 10.8. The van der Waals surface area contributed by atoms with E-state index < -0.39 is 27.8 Å². The van der Waals surface area contributed by atoms with Crippen LogP contribution in [0.5, 0.6) is 0 Å². The van der Waals surface area contributed by atoms with Gasteiger partial charge in [0, 0.05) is 25.8 Å². The zero-order valence-electron chi connectivity index (χ0n) is 16.3. The molecule has 2 rings (SSSR count). The average molecular weight is 408 g/mol. The number of benzene rings is 2. The molecule has 0 heterocycles. The minimum absolute atomic E-state index is 0.119. The Morgan fingerprint density at radius 2 is 1.75 bits per heavy atom. The Labute approximate surface area is 166 Å². The zero-order chi connectivity index (χ0) is 20.7. The number of nitrogens with one attached hydrogen (secondary N) is 1. The highest BCUT2D eigenvalue weighted by Gasteiger charge is 2.29. The molecule has 152 valence electrons. The Balaban J connectivity index is 1.94. The van der Waals surface area contributed by atoms with Crippen LogP contribution in [-0.4, -0.2) is 46.8 Å². The monoisotopic (exact) mass is 407 g/mol. The Kier molecular flexibility index (Phi) is 7.39. The number of amides is 1. The first-order valence-electron chi connectivity index (χ1n) is 8.99. The fourth-order valence-electron chi connectivity index (χ4n) is 2.91. The third kappa shape index (κ3) is 5.95. The smallest absolute Gasteiger partial charge is 0.243 e. The molecular formula is C20H26FN3O3S. The number of hydrogen-bond donors (Lipinski definition) is 1. The second-order valence-corrected chi connectivity index (χ2v) is 8.48. The van der Waals surface area contributed by atoms with Crippen molar-refractivity contribution in [3.05, 3.63) is 60.4 Å². The van der Waals surface area contributed by atoms with Crippen molar-refractivity contribution in [2.45, 2.75) is 19.4 Å². The summed E-state index contributed by atoms with van der Waals surface area (Å²) in [6.45, 7) is 2.62. The molecule has 0 saturated carbocycles. The van der Waals surface area contributed by atoms with Crippen LogP contribution in [0.1, 0.15) is 13.3 Å². The number of hydrogen-bond acceptors (Lipinski definition) is 4. The normalized spacial score (nSPS) is 12.3. The van der Waals surface area contributed by atoms with Gasteiger partial charge in [0.2, 0.25) is 15.9 Å². The molecule has 28 heavy (non-hydrogen) atoms. The molecule has 1 amide bonds. The molecule has 2 aromatic rings. The standard InChI is InChI=1S/C20H26FN3O3S/c1-16(24(28(3,26)27)19-12-7-9-17(21)15-19)20(25)22-13-8-14-23(2)18-10-5-4-6-11-18/h4-7,9-12,15-16H,8,13-14H2,1-3H3,(H,22,25). The van der Waals surface area contributed by atoms with Crippen LogP contribution in [0.4, 0.5) is 15.8 Å². The minimum Gasteiger partial charge on any atom is -0.375 e. The van der Waals surface area contributed by atoms with Gasteiger partial charge < -0.3 is 10.2 Å². The van der Waals surface area contributed by atoms with E-state index in [0.717, 1.165) is 28.9 Å². The van der Waals surface area contributed by atoms with Crippen LogP contribution in [0.25, 0.3) is 0 Å². The Morgan fingerprint density at radius 1 is 1.11 bits per heavy atom. The quantitative estimate of drug-likeness (QED) is 0.649. The first-order chi connectivity index (χ1) is 13.2. The summed E-state index contributed by atoms with van der Waals surface area (Å²) in [5.74, 6) is -1.00. The van der Waals surface area contributed by atoms with Gasteiger partial charge >= 0.3 is 0 Å². The summed E-state index contributed by atoms with van der Waals surface area (Å²) >= 11 is 0. The van der Waals surface area contributed by atoms with E-state index in [2.05, 4.69) is 10.2 Å². The van der Waals surface area contributed by atoms with Crippen molar-refractivity contribution < 1.29 is 17.6 Å². The van der Waals surface area contributed by atoms with Gasteiger partial charge in [-0.1, -0.05) is 24.3 Å². The van der Waals surface area contributed by atoms with E-state index in [1.54, 1.807) is 0 Å². The fraction of sp³-hybridized carbons (Fsp3) is 0.350. The summed E-state index contributed by atoms with van der Waals surface area (Å²) in [7, 11) is -1.79. The maximum Gasteiger partial charge on any atom is 0.243 e. The van der Waals surface area contributed by atoms with Crippen LogP contribution < -0.4 is 14.5 Å². The molecule has 0 bridgehead atoms. The van der Waals surface area contributed by atoms with Gasteiger partial charge in [0.15, 0.2) is 0 Å². The molecule has 0 radical (unpaired) electrons. The van der Waals surface area contributed by atoms with Gasteiger partial charge in [0.05, 0.1) is 11.9 Å². The predicted octanol–water partition coefficient (Wildman–Crippen LogP) is 2.62. The molecule has 0 aromatic heterocycles. The summed E-state index contributed by atoms with van der Waals surface area (Å²) < 4.78 is 38.8. The number of rotatable bonds is 9. The van der Waals surface area contributed by atoms with Crippen LogP contribution in [0, 0.1) is 5.82 Å². The summed E-state index contributed by atoms with van der Waals surface area (Å²) in [4.78, 5) is 14.6. The number of sulfonamides is 1. The average Bonchev–Trinajstić information content (AvgIpc) is 2.64. The molecule has 8 heteroatoms. The van der Waals surface area contributed by atoms with Gasteiger partial charge in [-0.05, 0) is 43.7 Å². The zero-order valence-corrected chi connectivity index (χ0v) is 17.1. The Morgan fingerprint density at radius 3 is 2.36 bits per heavy atom. The van der Waals surface area contributed by atoms with Crippen molar-refractivity contribution in [3.63, 3.8) is 0 Å². The van der Waals surface area contributed by atoms with E-state index in [0.29, 0.717) is 13.0 Å². The molecule has 0 aliphatic rings. The topological polar surface area (TPSA) is 69.7 Å². The van der Waals surface area contributed by atoms with E-state index in [1.807, 2.05) is 37.4 Å². The van der Waals surface area contributed by atoms with Crippen molar-refractivity contribution in [2.24, 2.45) is 0 Å². The van der Waals surface area contributed by atoms with Gasteiger partial charge in [0.25, 0.3) is 0 Å². The van der Waals surface area contributed by atoms with Crippen molar-refractivity contribution in [2.75, 3.05) is 35.6 Å². The first kappa shape index (κ1) is 21.7. The molecule has 1 atom stereocenters. The van der Waals surface area contributed by atoms with Gasteiger partial charge in [-0.15, -0.1) is 0 Å². The fourth-order valence-corrected chi connectivity index (χ4v) is 4.08. The third-order valence-electron chi connectivity index (χ3n) is 4.32. The highest BCUT2D eigenvalue weighted by Crippen LogP contribution is 2.21. The Hall–Kier alpha value is -2.61. The molecule has 0 spiro atoms. The van der Waals surface area contributed by atoms with Crippen molar-refractivity contribution >= 4 is 27.3 Å². The third-order valence-corrected chi connectivity index (χ3v) is 5.56. The maximum atomic E-state index is 13.5. The molecule has 2 aromatic carbocycles. The van der Waals surface area contributed by atoms with Crippen LogP contribution in [0.15, 0.2) is 54.6 Å². The van der Waals surface area contributed by atoms with E-state index in [-0.39, 0.29) is 5.69 Å². The summed E-state index contributed by atoms with van der Waals surface area (Å²) in [5.41, 5.74) is 1.20. The SMILES string of the molecule is CC(C(=O)NCCCN(C)c1ccccc1)N(c1cccc(F)c1)S(C)(=O)=O. The number of carbonyl (C=O) groups excluding carboxylic acids is 1. The summed E-state index contributed by atoms with van der Waals surface area (Å²) in [5, 5.41) is 2.76. The highest BCUT2D eigenvalue weighted by atomic mass is 32.2. The molecule has 1 N–H and O–H groups in total. The lowest BCUT2D eigenvalue weighted by molar-refractivity contribution is -0.121. The van der Waals surface area contributed by atoms with Crippen LogP contribution in [0.3, 0.4) is 0 Å². The molecule has 0 aliphatic carbocycles. The van der Waals surface area contributed by atoms with E-state index in [4.69, 9.17) is 0 Å². The van der Waals surface area contributed by atoms with Crippen molar-refractivity contribution in [1.82, 2.24) is 5.32 Å². The molecular weight excluding hydrogens is 381 g/mol. The number of para-hydroxylation sites is 1. The Bertz CT molecular complexity index is 891. The van der Waals surface area contributed by atoms with Crippen molar-refractivity contribution in [3.8, 4) is 0 Å². The minimum atomic E-state index is -3.76. The lowest BCUT2D eigenvalue weighted by Gasteiger charge is -2.28.